The van der Waals surface area contributed by atoms with Crippen molar-refractivity contribution in [3.63, 3.8) is 0 Å². The predicted octanol–water partition coefficient (Wildman–Crippen LogP) is 4.48. The molecule has 2 aromatic carbocycles. The third kappa shape index (κ3) is 4.59. The number of benzene rings is 2. The van der Waals surface area contributed by atoms with Crippen LogP contribution in [-0.2, 0) is 19.5 Å². The lowest BCUT2D eigenvalue weighted by molar-refractivity contribution is 0.209. The van der Waals surface area contributed by atoms with E-state index in [4.69, 9.17) is 14.0 Å². The number of aromatic nitrogens is 2. The minimum Gasteiger partial charge on any atom is -0.497 e. The van der Waals surface area contributed by atoms with Crippen LogP contribution in [-0.4, -0.2) is 35.3 Å². The molecule has 4 rings (SSSR count). The first kappa shape index (κ1) is 19.5. The fourth-order valence-electron chi connectivity index (χ4n) is 3.45. The van der Waals surface area contributed by atoms with Gasteiger partial charge >= 0.3 is 0 Å². The molecule has 0 spiro atoms. The normalized spacial score (nSPS) is 13.7. The van der Waals surface area contributed by atoms with E-state index in [1.165, 1.54) is 24.0 Å². The summed E-state index contributed by atoms with van der Waals surface area (Å²) in [6.07, 6.45) is 3.51. The fourth-order valence-corrected chi connectivity index (χ4v) is 3.45. The molecule has 152 valence electrons. The topological polar surface area (TPSA) is 60.6 Å². The van der Waals surface area contributed by atoms with Crippen molar-refractivity contribution in [1.82, 2.24) is 15.0 Å². The lowest BCUT2D eigenvalue weighted by atomic mass is 10.1. The largest absolute Gasteiger partial charge is 0.497 e. The second-order valence-corrected chi connectivity index (χ2v) is 7.38. The fraction of sp³-hybridized carbons (Fsp3) is 0.391. The van der Waals surface area contributed by atoms with Gasteiger partial charge in [0.15, 0.2) is 0 Å². The molecule has 1 saturated carbocycles. The number of aryl methyl sites for hydroxylation is 1. The van der Waals surface area contributed by atoms with Gasteiger partial charge in [0, 0.05) is 18.7 Å². The van der Waals surface area contributed by atoms with Crippen LogP contribution in [0.1, 0.15) is 36.8 Å². The van der Waals surface area contributed by atoms with Gasteiger partial charge in [0.2, 0.25) is 11.7 Å². The quantitative estimate of drug-likeness (QED) is 0.534. The minimum absolute atomic E-state index is 0.530. The lowest BCUT2D eigenvalue weighted by Crippen LogP contribution is -2.25. The van der Waals surface area contributed by atoms with Crippen LogP contribution in [0.25, 0.3) is 11.4 Å². The third-order valence-electron chi connectivity index (χ3n) is 5.34. The van der Waals surface area contributed by atoms with Crippen molar-refractivity contribution >= 4 is 0 Å². The zero-order valence-electron chi connectivity index (χ0n) is 17.2. The molecule has 1 aliphatic rings. The van der Waals surface area contributed by atoms with Crippen molar-refractivity contribution in [2.75, 3.05) is 14.2 Å². The van der Waals surface area contributed by atoms with E-state index in [2.05, 4.69) is 46.2 Å². The molecular formula is C23H27N3O3. The van der Waals surface area contributed by atoms with Crippen molar-refractivity contribution in [2.24, 2.45) is 0 Å². The zero-order valence-corrected chi connectivity index (χ0v) is 17.2. The first-order valence-corrected chi connectivity index (χ1v) is 10.1. The summed E-state index contributed by atoms with van der Waals surface area (Å²) in [5, 5.41) is 4.18. The van der Waals surface area contributed by atoms with Crippen molar-refractivity contribution in [3.05, 3.63) is 59.5 Å². The molecule has 0 atom stereocenters. The van der Waals surface area contributed by atoms with Crippen LogP contribution in [0.15, 0.2) is 47.0 Å². The highest BCUT2D eigenvalue weighted by atomic mass is 16.5. The summed E-state index contributed by atoms with van der Waals surface area (Å²) in [7, 11) is 3.25. The molecule has 6 nitrogen and oxygen atoms in total. The second-order valence-electron chi connectivity index (χ2n) is 7.38. The number of nitrogens with zero attached hydrogens (tertiary/aromatic N) is 3. The Bertz CT molecular complexity index is 948. The number of ether oxygens (including phenoxy) is 2. The Morgan fingerprint density at radius 3 is 2.41 bits per heavy atom. The zero-order chi connectivity index (χ0) is 20.2. The van der Waals surface area contributed by atoms with Crippen LogP contribution in [0, 0.1) is 0 Å². The Balaban J connectivity index is 1.49. The van der Waals surface area contributed by atoms with Crippen molar-refractivity contribution in [3.8, 4) is 22.9 Å². The molecule has 1 aromatic heterocycles. The summed E-state index contributed by atoms with van der Waals surface area (Å²) in [5.41, 5.74) is 3.46. The molecule has 0 amide bonds. The standard InChI is InChI=1S/C23H27N3O3/c1-4-16-5-7-17(8-6-16)14-26(18-9-10-18)15-22-24-23(25-29-22)20-12-11-19(27-2)13-21(20)28-3/h5-8,11-13,18H,4,9-10,14-15H2,1-3H3. The average Bonchev–Trinajstić information content (AvgIpc) is 3.52. The molecule has 0 radical (unpaired) electrons. The molecule has 0 N–H and O–H groups in total. The van der Waals surface area contributed by atoms with E-state index in [9.17, 15) is 0 Å². The summed E-state index contributed by atoms with van der Waals surface area (Å²) in [6, 6.07) is 15.0. The van der Waals surface area contributed by atoms with Gasteiger partial charge in [0.05, 0.1) is 26.3 Å². The number of methoxy groups -OCH3 is 2. The summed E-state index contributed by atoms with van der Waals surface area (Å²) in [6.45, 7) is 3.71. The summed E-state index contributed by atoms with van der Waals surface area (Å²) >= 11 is 0. The number of hydrogen-bond acceptors (Lipinski definition) is 6. The summed E-state index contributed by atoms with van der Waals surface area (Å²) < 4.78 is 16.3. The van der Waals surface area contributed by atoms with Crippen molar-refractivity contribution in [1.29, 1.82) is 0 Å². The van der Waals surface area contributed by atoms with E-state index in [0.717, 1.165) is 24.3 Å². The maximum atomic E-state index is 5.57. The van der Waals surface area contributed by atoms with E-state index < -0.39 is 0 Å². The van der Waals surface area contributed by atoms with Gasteiger partial charge in [-0.05, 0) is 42.5 Å². The Kier molecular flexibility index (Phi) is 5.81. The highest BCUT2D eigenvalue weighted by Crippen LogP contribution is 2.33. The first-order valence-electron chi connectivity index (χ1n) is 10.1. The van der Waals surface area contributed by atoms with E-state index in [-0.39, 0.29) is 0 Å². The van der Waals surface area contributed by atoms with Crippen LogP contribution in [0.2, 0.25) is 0 Å². The number of hydrogen-bond donors (Lipinski definition) is 0. The third-order valence-corrected chi connectivity index (χ3v) is 5.34. The van der Waals surface area contributed by atoms with Gasteiger partial charge in [-0.3, -0.25) is 4.90 Å². The highest BCUT2D eigenvalue weighted by Gasteiger charge is 2.30. The Morgan fingerprint density at radius 1 is 1.00 bits per heavy atom. The predicted molar refractivity (Wildman–Crippen MR) is 111 cm³/mol. The van der Waals surface area contributed by atoms with Crippen LogP contribution in [0.5, 0.6) is 11.5 Å². The van der Waals surface area contributed by atoms with Gasteiger partial charge in [-0.2, -0.15) is 4.98 Å². The molecule has 0 unspecified atom stereocenters. The van der Waals surface area contributed by atoms with Crippen LogP contribution < -0.4 is 9.47 Å². The first-order chi connectivity index (χ1) is 14.2. The average molecular weight is 393 g/mol. The van der Waals surface area contributed by atoms with Gasteiger partial charge in [-0.15, -0.1) is 0 Å². The van der Waals surface area contributed by atoms with E-state index in [1.807, 2.05) is 18.2 Å². The van der Waals surface area contributed by atoms with Gasteiger partial charge in [0.25, 0.3) is 0 Å². The monoisotopic (exact) mass is 393 g/mol. The van der Waals surface area contributed by atoms with Crippen molar-refractivity contribution in [2.45, 2.75) is 45.3 Å². The maximum absolute atomic E-state index is 5.57. The molecular weight excluding hydrogens is 366 g/mol. The highest BCUT2D eigenvalue weighted by molar-refractivity contribution is 5.65. The second kappa shape index (κ2) is 8.66. The van der Waals surface area contributed by atoms with Gasteiger partial charge in [-0.1, -0.05) is 36.3 Å². The molecule has 0 bridgehead atoms. The molecule has 1 fully saturated rings. The van der Waals surface area contributed by atoms with E-state index in [0.29, 0.717) is 30.1 Å². The summed E-state index contributed by atoms with van der Waals surface area (Å²) in [5.74, 6) is 2.53. The SMILES string of the molecule is CCc1ccc(CN(Cc2nc(-c3ccc(OC)cc3OC)no2)C2CC2)cc1. The van der Waals surface area contributed by atoms with Gasteiger partial charge in [-0.25, -0.2) is 0 Å². The van der Waals surface area contributed by atoms with Crippen LogP contribution >= 0.6 is 0 Å². The van der Waals surface area contributed by atoms with Crippen LogP contribution in [0.4, 0.5) is 0 Å². The van der Waals surface area contributed by atoms with Gasteiger partial charge in [0.1, 0.15) is 11.5 Å². The lowest BCUT2D eigenvalue weighted by Gasteiger charge is -2.20. The van der Waals surface area contributed by atoms with Crippen LogP contribution in [0.3, 0.4) is 0 Å². The number of rotatable bonds is 9. The minimum atomic E-state index is 0.530. The van der Waals surface area contributed by atoms with E-state index >= 15 is 0 Å². The Labute approximate surface area is 171 Å². The molecule has 6 heteroatoms. The van der Waals surface area contributed by atoms with Gasteiger partial charge < -0.3 is 14.0 Å². The molecule has 1 heterocycles. The molecule has 0 aliphatic heterocycles. The molecule has 3 aromatic rings. The maximum Gasteiger partial charge on any atom is 0.241 e. The molecule has 1 aliphatic carbocycles. The Hall–Kier alpha value is -2.86. The molecule has 0 saturated heterocycles. The summed E-state index contributed by atoms with van der Waals surface area (Å²) in [4.78, 5) is 7.04. The van der Waals surface area contributed by atoms with E-state index in [1.54, 1.807) is 14.2 Å². The smallest absolute Gasteiger partial charge is 0.241 e. The Morgan fingerprint density at radius 2 is 1.76 bits per heavy atom. The van der Waals surface area contributed by atoms with Crippen molar-refractivity contribution < 1.29 is 14.0 Å². The molecule has 29 heavy (non-hydrogen) atoms.